The van der Waals surface area contributed by atoms with E-state index in [1.165, 1.54) is 11.1 Å². The summed E-state index contributed by atoms with van der Waals surface area (Å²) >= 11 is 0. The van der Waals surface area contributed by atoms with Gasteiger partial charge in [-0.1, -0.05) is 60.2 Å². The van der Waals surface area contributed by atoms with Crippen LogP contribution in [0, 0.1) is 6.92 Å². The van der Waals surface area contributed by atoms with Crippen molar-refractivity contribution in [3.63, 3.8) is 0 Å². The van der Waals surface area contributed by atoms with Crippen molar-refractivity contribution in [2.24, 2.45) is 0 Å². The zero-order valence-corrected chi connectivity index (χ0v) is 21.5. The van der Waals surface area contributed by atoms with Crippen molar-refractivity contribution in [1.29, 1.82) is 0 Å². The Kier molecular flexibility index (Phi) is 7.19. The summed E-state index contributed by atoms with van der Waals surface area (Å²) in [4.78, 5) is 30.5. The maximum Gasteiger partial charge on any atom is 0.406 e. The van der Waals surface area contributed by atoms with Crippen molar-refractivity contribution in [2.75, 3.05) is 26.2 Å². The van der Waals surface area contributed by atoms with Gasteiger partial charge in [0.2, 0.25) is 5.91 Å². The highest BCUT2D eigenvalue weighted by atomic mass is 19.4. The fraction of sp³-hybridized carbons (Fsp3) is 0.429. The molecule has 2 amide bonds. The van der Waals surface area contributed by atoms with E-state index in [1.807, 2.05) is 6.92 Å². The van der Waals surface area contributed by atoms with Crippen molar-refractivity contribution in [3.8, 4) is 0 Å². The number of hydrogen-bond acceptors (Lipinski definition) is 5. The molecule has 0 spiro atoms. The van der Waals surface area contributed by atoms with Crippen molar-refractivity contribution < 1.29 is 22.8 Å². The van der Waals surface area contributed by atoms with Gasteiger partial charge in [0.15, 0.2) is 0 Å². The number of fused-ring (bicyclic) bond motifs is 1. The molecule has 3 atom stereocenters. The molecule has 0 saturated carbocycles. The van der Waals surface area contributed by atoms with Gasteiger partial charge in [0.05, 0.1) is 12.3 Å². The summed E-state index contributed by atoms with van der Waals surface area (Å²) in [5.74, 6) is -1.83. The van der Waals surface area contributed by atoms with Gasteiger partial charge in [0.25, 0.3) is 5.91 Å². The van der Waals surface area contributed by atoms with E-state index in [2.05, 4.69) is 39.9 Å². The Bertz CT molecular complexity index is 1210. The van der Waals surface area contributed by atoms with Gasteiger partial charge < -0.3 is 10.2 Å². The van der Waals surface area contributed by atoms with E-state index in [9.17, 15) is 22.8 Å². The van der Waals surface area contributed by atoms with E-state index < -0.39 is 30.2 Å². The number of piperazine rings is 1. The monoisotopic (exact) mass is 527 g/mol. The highest BCUT2D eigenvalue weighted by Gasteiger charge is 2.57. The molecule has 3 unspecified atom stereocenters. The lowest BCUT2D eigenvalue weighted by molar-refractivity contribution is -0.161. The second-order valence-corrected chi connectivity index (χ2v) is 10.3. The van der Waals surface area contributed by atoms with E-state index >= 15 is 0 Å². The Labute approximate surface area is 220 Å². The Balaban J connectivity index is 1.25. The van der Waals surface area contributed by atoms with Crippen LogP contribution in [0.5, 0.6) is 0 Å². The number of halogens is 3. The number of hydrazine groups is 1. The molecule has 2 aromatic carbocycles. The predicted octanol–water partition coefficient (Wildman–Crippen LogP) is 3.29. The number of hydrogen-bond donors (Lipinski definition) is 2. The van der Waals surface area contributed by atoms with Crippen LogP contribution in [-0.4, -0.2) is 71.2 Å². The molecule has 3 heterocycles. The molecular formula is C28H32F3N5O2. The summed E-state index contributed by atoms with van der Waals surface area (Å²) in [5, 5.41) is 4.12. The number of carbonyl (C=O) groups is 2. The second-order valence-electron chi connectivity index (χ2n) is 10.3. The molecule has 38 heavy (non-hydrogen) atoms. The third kappa shape index (κ3) is 5.28. The lowest BCUT2D eigenvalue weighted by atomic mass is 9.89. The van der Waals surface area contributed by atoms with Crippen LogP contribution in [0.15, 0.2) is 65.9 Å². The van der Waals surface area contributed by atoms with Crippen LogP contribution >= 0.6 is 0 Å². The second kappa shape index (κ2) is 10.4. The molecule has 7 nitrogen and oxygen atoms in total. The number of aryl methyl sites for hydroxylation is 1. The zero-order valence-electron chi connectivity index (χ0n) is 21.5. The van der Waals surface area contributed by atoms with Crippen LogP contribution in [0.3, 0.4) is 0 Å². The average molecular weight is 528 g/mol. The quantitative estimate of drug-likeness (QED) is 0.625. The number of alkyl halides is 3. The zero-order chi connectivity index (χ0) is 27.0. The van der Waals surface area contributed by atoms with Gasteiger partial charge in [-0.05, 0) is 25.0 Å². The van der Waals surface area contributed by atoms with Crippen LogP contribution < -0.4 is 10.7 Å². The van der Waals surface area contributed by atoms with Gasteiger partial charge in [-0.3, -0.25) is 19.5 Å². The van der Waals surface area contributed by atoms with Gasteiger partial charge in [-0.15, -0.1) is 0 Å². The first-order chi connectivity index (χ1) is 18.1. The normalized spacial score (nSPS) is 24.4. The van der Waals surface area contributed by atoms with Crippen molar-refractivity contribution in [1.82, 2.24) is 25.6 Å². The lowest BCUT2D eigenvalue weighted by Crippen LogP contribution is -2.55. The molecule has 0 aliphatic carbocycles. The fourth-order valence-electron chi connectivity index (χ4n) is 5.51. The van der Waals surface area contributed by atoms with E-state index in [4.69, 9.17) is 0 Å². The maximum absolute atomic E-state index is 14.0. The number of nitrogens with zero attached hydrogens (tertiary/aromatic N) is 3. The Hall–Kier alpha value is -3.37. The van der Waals surface area contributed by atoms with Crippen LogP contribution in [0.1, 0.15) is 36.0 Å². The van der Waals surface area contributed by atoms with E-state index in [-0.39, 0.29) is 17.9 Å². The summed E-state index contributed by atoms with van der Waals surface area (Å²) < 4.78 is 42.0. The van der Waals surface area contributed by atoms with Gasteiger partial charge in [-0.2, -0.15) is 13.2 Å². The smallest absolute Gasteiger partial charge is 0.367 e. The molecule has 2 N–H and O–H groups in total. The van der Waals surface area contributed by atoms with Crippen LogP contribution in [0.4, 0.5) is 13.2 Å². The van der Waals surface area contributed by atoms with Gasteiger partial charge >= 0.3 is 6.18 Å². The van der Waals surface area contributed by atoms with Crippen LogP contribution in [0.2, 0.25) is 0 Å². The molecule has 202 valence electrons. The minimum atomic E-state index is -4.57. The molecule has 2 saturated heterocycles. The third-order valence-electron chi connectivity index (χ3n) is 7.67. The highest BCUT2D eigenvalue weighted by molar-refractivity contribution is 6.00. The topological polar surface area (TPSA) is 67.9 Å². The minimum Gasteiger partial charge on any atom is -0.367 e. The number of rotatable bonds is 5. The van der Waals surface area contributed by atoms with Crippen molar-refractivity contribution in [2.45, 2.75) is 51.1 Å². The number of amides is 2. The predicted molar refractivity (Wildman–Crippen MR) is 136 cm³/mol. The first kappa shape index (κ1) is 26.2. The fourth-order valence-corrected chi connectivity index (χ4v) is 5.51. The van der Waals surface area contributed by atoms with Crippen LogP contribution in [0.25, 0.3) is 0 Å². The lowest BCUT2D eigenvalue weighted by Gasteiger charge is -2.37. The SMILES string of the molecule is CC1=C(CC(=O)N2CCN(Cc3ccc(C)cc3)CC2)C(=O)N2NC(C(F)(F)F)C(c3ccccc3)C2N1. The van der Waals surface area contributed by atoms with Gasteiger partial charge in [0, 0.05) is 44.0 Å². The molecule has 5 rings (SSSR count). The van der Waals surface area contributed by atoms with Gasteiger partial charge in [0.1, 0.15) is 12.2 Å². The van der Waals surface area contributed by atoms with E-state index in [0.29, 0.717) is 37.4 Å². The van der Waals surface area contributed by atoms with Crippen molar-refractivity contribution >= 4 is 11.8 Å². The highest BCUT2D eigenvalue weighted by Crippen LogP contribution is 2.41. The molecule has 2 aromatic rings. The summed E-state index contributed by atoms with van der Waals surface area (Å²) in [7, 11) is 0. The first-order valence-corrected chi connectivity index (χ1v) is 12.8. The standard InChI is InChI=1S/C28H32F3N5O2/c1-18-8-10-20(11-9-18)17-34-12-14-35(15-13-34)23(37)16-22-19(2)32-26-24(21-6-4-3-5-7-21)25(28(29,30)31)33-36(26)27(22)38/h3-11,24-26,32-33H,12-17H2,1-2H3. The summed E-state index contributed by atoms with van der Waals surface area (Å²) in [6, 6.07) is 14.8. The third-order valence-corrected chi connectivity index (χ3v) is 7.67. The summed E-state index contributed by atoms with van der Waals surface area (Å²) in [5.41, 5.74) is 5.93. The summed E-state index contributed by atoms with van der Waals surface area (Å²) in [6.07, 6.45) is -5.64. The molecule has 0 aromatic heterocycles. The molecular weight excluding hydrogens is 495 g/mol. The summed E-state index contributed by atoms with van der Waals surface area (Å²) in [6.45, 7) is 7.01. The molecule has 10 heteroatoms. The number of benzene rings is 2. The largest absolute Gasteiger partial charge is 0.406 e. The van der Waals surface area contributed by atoms with Crippen LogP contribution in [-0.2, 0) is 16.1 Å². The molecule has 3 aliphatic rings. The van der Waals surface area contributed by atoms with E-state index in [0.717, 1.165) is 11.6 Å². The minimum absolute atomic E-state index is 0.160. The number of carbonyl (C=O) groups excluding carboxylic acids is 2. The number of nitrogens with one attached hydrogen (secondary N) is 2. The maximum atomic E-state index is 14.0. The first-order valence-electron chi connectivity index (χ1n) is 12.8. The van der Waals surface area contributed by atoms with Crippen molar-refractivity contribution in [3.05, 3.63) is 82.6 Å². The molecule has 0 bridgehead atoms. The average Bonchev–Trinajstić information content (AvgIpc) is 3.29. The molecule has 0 radical (unpaired) electrons. The Morgan fingerprint density at radius 2 is 1.63 bits per heavy atom. The molecule has 3 aliphatic heterocycles. The number of allylic oxidation sites excluding steroid dienone is 1. The van der Waals surface area contributed by atoms with E-state index in [1.54, 1.807) is 42.2 Å². The Morgan fingerprint density at radius 3 is 2.26 bits per heavy atom. The molecule has 2 fully saturated rings. The van der Waals surface area contributed by atoms with Gasteiger partial charge in [-0.25, -0.2) is 5.43 Å². The Morgan fingerprint density at radius 1 is 0.974 bits per heavy atom.